The van der Waals surface area contributed by atoms with Gasteiger partial charge in [-0.1, -0.05) is 200 Å². The first-order valence-electron chi connectivity index (χ1n) is 24.6. The molecule has 6 heteroatoms. The lowest BCUT2D eigenvalue weighted by Crippen LogP contribution is -2.30. The van der Waals surface area contributed by atoms with Crippen molar-refractivity contribution >= 4 is 17.9 Å². The number of rotatable bonds is 42. The first-order valence-corrected chi connectivity index (χ1v) is 24.6. The number of unbranched alkanes of at least 4 members (excludes halogenated alkanes) is 16. The molecule has 1 atom stereocenters. The number of hydrogen-bond donors (Lipinski definition) is 0. The molecule has 0 rings (SSSR count). The molecular weight excluding hydrogens is 769 g/mol. The van der Waals surface area contributed by atoms with Crippen LogP contribution in [0.4, 0.5) is 0 Å². The zero-order chi connectivity index (χ0) is 45.1. The van der Waals surface area contributed by atoms with Gasteiger partial charge < -0.3 is 14.2 Å². The number of ether oxygens (including phenoxy) is 3. The second-order valence-electron chi connectivity index (χ2n) is 15.8. The minimum Gasteiger partial charge on any atom is -0.462 e. The lowest BCUT2D eigenvalue weighted by atomic mass is 10.1. The van der Waals surface area contributed by atoms with Crippen LogP contribution in [0.15, 0.2) is 122 Å². The predicted molar refractivity (Wildman–Crippen MR) is 265 cm³/mol. The molecule has 0 radical (unpaired) electrons. The Kier molecular flexibility index (Phi) is 46.1. The fourth-order valence-electron chi connectivity index (χ4n) is 6.17. The lowest BCUT2D eigenvalue weighted by Gasteiger charge is -2.18. The van der Waals surface area contributed by atoms with Crippen molar-refractivity contribution in [3.63, 3.8) is 0 Å². The van der Waals surface area contributed by atoms with Gasteiger partial charge in [0.05, 0.1) is 0 Å². The molecule has 0 N–H and O–H groups in total. The van der Waals surface area contributed by atoms with Gasteiger partial charge in [0, 0.05) is 19.3 Å². The van der Waals surface area contributed by atoms with Crippen molar-refractivity contribution < 1.29 is 28.6 Å². The van der Waals surface area contributed by atoms with Gasteiger partial charge >= 0.3 is 17.9 Å². The maximum atomic E-state index is 12.8. The Morgan fingerprint density at radius 3 is 1.21 bits per heavy atom. The van der Waals surface area contributed by atoms with E-state index < -0.39 is 6.10 Å². The number of carbonyl (C=O) groups is 3. The van der Waals surface area contributed by atoms with E-state index in [-0.39, 0.29) is 31.1 Å². The molecule has 0 aliphatic carbocycles. The highest BCUT2D eigenvalue weighted by molar-refractivity contribution is 5.71. The molecule has 0 aliphatic rings. The van der Waals surface area contributed by atoms with E-state index in [2.05, 4.69) is 93.7 Å². The lowest BCUT2D eigenvalue weighted by molar-refractivity contribution is -0.167. The summed E-state index contributed by atoms with van der Waals surface area (Å²) in [4.78, 5) is 37.9. The predicted octanol–water partition coefficient (Wildman–Crippen LogP) is 16.1. The van der Waals surface area contributed by atoms with Gasteiger partial charge in [-0.3, -0.25) is 14.4 Å². The molecule has 0 fully saturated rings. The minimum atomic E-state index is -0.814. The molecule has 0 aromatic carbocycles. The summed E-state index contributed by atoms with van der Waals surface area (Å²) in [6.45, 7) is 6.26. The number of carbonyl (C=O) groups excluding carboxylic acids is 3. The van der Waals surface area contributed by atoms with Crippen LogP contribution in [0.3, 0.4) is 0 Å². The summed E-state index contributed by atoms with van der Waals surface area (Å²) in [6, 6.07) is 0. The van der Waals surface area contributed by atoms with Crippen LogP contribution in [0, 0.1) is 0 Å². The molecule has 0 saturated heterocycles. The molecule has 62 heavy (non-hydrogen) atoms. The standard InChI is InChI=1S/C56H88O6/c1-4-7-10-13-16-19-22-25-28-31-34-37-40-43-46-49-55(58)61-52-53(51-60-54(57)48-45-42-39-36-33-30-27-24-21-18-15-12-9-6-3)62-56(59)50-47-44-41-38-35-32-29-26-23-20-17-14-11-8-5-2/h7,9-10,12-13,16-23,25-28,30-31,34,53H,4-6,8,11,14-15,24,29,32-33,35-52H2,1-3H3/b10-7-,12-9-,16-13-,20-17-,21-18-,22-19-,26-23-,28-25-,30-27-,34-31-. The summed E-state index contributed by atoms with van der Waals surface area (Å²) in [7, 11) is 0. The molecule has 348 valence electrons. The Morgan fingerprint density at radius 1 is 0.355 bits per heavy atom. The van der Waals surface area contributed by atoms with Crippen LogP contribution >= 0.6 is 0 Å². The average Bonchev–Trinajstić information content (AvgIpc) is 3.27. The van der Waals surface area contributed by atoms with Crippen molar-refractivity contribution in [1.82, 2.24) is 0 Å². The Labute approximate surface area is 380 Å². The van der Waals surface area contributed by atoms with Crippen molar-refractivity contribution in [2.75, 3.05) is 13.2 Å². The van der Waals surface area contributed by atoms with Crippen LogP contribution < -0.4 is 0 Å². The fraction of sp³-hybridized carbons (Fsp3) is 0.589. The Balaban J connectivity index is 4.55. The quantitative estimate of drug-likeness (QED) is 0.0200. The van der Waals surface area contributed by atoms with E-state index >= 15 is 0 Å². The van der Waals surface area contributed by atoms with Crippen LogP contribution in [0.2, 0.25) is 0 Å². The molecule has 0 spiro atoms. The normalized spacial score (nSPS) is 13.1. The van der Waals surface area contributed by atoms with Crippen molar-refractivity contribution in [2.45, 2.75) is 200 Å². The Morgan fingerprint density at radius 2 is 0.710 bits per heavy atom. The zero-order valence-electron chi connectivity index (χ0n) is 39.6. The van der Waals surface area contributed by atoms with Crippen LogP contribution in [-0.4, -0.2) is 37.2 Å². The summed E-state index contributed by atoms with van der Waals surface area (Å²) in [5.74, 6) is -0.997. The highest BCUT2D eigenvalue weighted by atomic mass is 16.6. The molecule has 0 heterocycles. The first-order chi connectivity index (χ1) is 30.5. The van der Waals surface area contributed by atoms with E-state index in [9.17, 15) is 14.4 Å². The van der Waals surface area contributed by atoms with Crippen molar-refractivity contribution in [3.8, 4) is 0 Å². The van der Waals surface area contributed by atoms with Crippen LogP contribution in [-0.2, 0) is 28.6 Å². The van der Waals surface area contributed by atoms with Gasteiger partial charge in [0.25, 0.3) is 0 Å². The molecule has 0 saturated carbocycles. The number of esters is 3. The van der Waals surface area contributed by atoms with Crippen molar-refractivity contribution in [3.05, 3.63) is 122 Å². The van der Waals surface area contributed by atoms with E-state index in [0.717, 1.165) is 122 Å². The fourth-order valence-corrected chi connectivity index (χ4v) is 6.17. The smallest absolute Gasteiger partial charge is 0.306 e. The van der Waals surface area contributed by atoms with E-state index in [1.807, 2.05) is 48.6 Å². The van der Waals surface area contributed by atoms with Gasteiger partial charge in [0.15, 0.2) is 6.10 Å². The van der Waals surface area contributed by atoms with Crippen molar-refractivity contribution in [2.24, 2.45) is 0 Å². The molecular formula is C56H88O6. The highest BCUT2D eigenvalue weighted by Crippen LogP contribution is 2.12. The van der Waals surface area contributed by atoms with Gasteiger partial charge in [-0.15, -0.1) is 0 Å². The monoisotopic (exact) mass is 857 g/mol. The number of allylic oxidation sites excluding steroid dienone is 20. The summed E-state index contributed by atoms with van der Waals surface area (Å²) in [6.07, 6.45) is 67.4. The third kappa shape index (κ3) is 46.9. The van der Waals surface area contributed by atoms with E-state index in [1.165, 1.54) is 32.1 Å². The largest absolute Gasteiger partial charge is 0.462 e. The minimum absolute atomic E-state index is 0.112. The van der Waals surface area contributed by atoms with Gasteiger partial charge in [-0.2, -0.15) is 0 Å². The molecule has 0 bridgehead atoms. The molecule has 0 aromatic rings. The summed E-state index contributed by atoms with van der Waals surface area (Å²) in [5.41, 5.74) is 0. The molecule has 0 aromatic heterocycles. The van der Waals surface area contributed by atoms with Gasteiger partial charge in [-0.05, 0) is 96.3 Å². The SMILES string of the molecule is CC\C=C/C=C\C=C/C=C\C=C/CCCCCC(=O)OCC(COC(=O)CCCCCC/C=C\C/C=C\C/C=C\CC)OC(=O)CCCCCCCC/C=C\C=C/CCCCC. The van der Waals surface area contributed by atoms with Crippen LogP contribution in [0.5, 0.6) is 0 Å². The Hall–Kier alpha value is -4.19. The van der Waals surface area contributed by atoms with E-state index in [4.69, 9.17) is 14.2 Å². The summed E-state index contributed by atoms with van der Waals surface area (Å²) >= 11 is 0. The van der Waals surface area contributed by atoms with Gasteiger partial charge in [-0.25, -0.2) is 0 Å². The second-order valence-corrected chi connectivity index (χ2v) is 15.8. The molecule has 6 nitrogen and oxygen atoms in total. The van der Waals surface area contributed by atoms with Gasteiger partial charge in [0.2, 0.25) is 0 Å². The summed E-state index contributed by atoms with van der Waals surface area (Å²) in [5, 5.41) is 0. The molecule has 0 amide bonds. The first kappa shape index (κ1) is 57.8. The summed E-state index contributed by atoms with van der Waals surface area (Å²) < 4.78 is 16.7. The molecule has 0 aliphatic heterocycles. The third-order valence-corrected chi connectivity index (χ3v) is 9.84. The maximum Gasteiger partial charge on any atom is 0.306 e. The van der Waals surface area contributed by atoms with Crippen LogP contribution in [0.25, 0.3) is 0 Å². The average molecular weight is 857 g/mol. The van der Waals surface area contributed by atoms with Gasteiger partial charge in [0.1, 0.15) is 13.2 Å². The third-order valence-electron chi connectivity index (χ3n) is 9.84. The van der Waals surface area contributed by atoms with Crippen molar-refractivity contribution in [1.29, 1.82) is 0 Å². The highest BCUT2D eigenvalue weighted by Gasteiger charge is 2.19. The zero-order valence-corrected chi connectivity index (χ0v) is 39.6. The maximum absolute atomic E-state index is 12.8. The topological polar surface area (TPSA) is 78.9 Å². The van der Waals surface area contributed by atoms with Crippen LogP contribution in [0.1, 0.15) is 194 Å². The van der Waals surface area contributed by atoms with E-state index in [0.29, 0.717) is 19.3 Å². The Bertz CT molecular complexity index is 1350. The molecule has 1 unspecified atom stereocenters. The number of hydrogen-bond acceptors (Lipinski definition) is 6. The van der Waals surface area contributed by atoms with E-state index in [1.54, 1.807) is 0 Å². The second kappa shape index (κ2) is 49.5.